The second kappa shape index (κ2) is 11.4. The summed E-state index contributed by atoms with van der Waals surface area (Å²) in [6.07, 6.45) is 3.01. The molecule has 0 saturated carbocycles. The molecule has 0 heterocycles. The van der Waals surface area contributed by atoms with Gasteiger partial charge in [0.05, 0.1) is 0 Å². The van der Waals surface area contributed by atoms with E-state index in [1.54, 1.807) is 0 Å². The van der Waals surface area contributed by atoms with Crippen molar-refractivity contribution in [2.24, 2.45) is 0 Å². The smallest absolute Gasteiger partial charge is 0.0339 e. The van der Waals surface area contributed by atoms with E-state index >= 15 is 0 Å². The van der Waals surface area contributed by atoms with Crippen molar-refractivity contribution in [1.82, 2.24) is 0 Å². The monoisotopic (exact) mass is 480 g/mol. The van der Waals surface area contributed by atoms with E-state index < -0.39 is 0 Å². The van der Waals surface area contributed by atoms with E-state index in [9.17, 15) is 0 Å². The van der Waals surface area contributed by atoms with E-state index in [2.05, 4.69) is 142 Å². The molecule has 37 heavy (non-hydrogen) atoms. The van der Waals surface area contributed by atoms with Gasteiger partial charge in [-0.2, -0.15) is 0 Å². The first-order valence-corrected chi connectivity index (χ1v) is 13.4. The predicted octanol–water partition coefficient (Wildman–Crippen LogP) is 9.23. The van der Waals surface area contributed by atoms with Gasteiger partial charge in [-0.25, -0.2) is 0 Å². The molecule has 0 aliphatic carbocycles. The quantitative estimate of drug-likeness (QED) is 0.194. The molecule has 5 aromatic carbocycles. The Labute approximate surface area is 222 Å². The Morgan fingerprint density at radius 1 is 0.378 bits per heavy atom. The lowest BCUT2D eigenvalue weighted by Crippen LogP contribution is -2.04. The zero-order valence-electron chi connectivity index (χ0n) is 22.2. The molecule has 0 N–H and O–H groups in total. The first-order chi connectivity index (χ1) is 18.1. The van der Waals surface area contributed by atoms with E-state index in [0.717, 1.165) is 19.3 Å². The minimum Gasteiger partial charge on any atom is -0.0613 e. The van der Waals surface area contributed by atoms with Gasteiger partial charge in [-0.1, -0.05) is 139 Å². The van der Waals surface area contributed by atoms with Crippen molar-refractivity contribution in [3.63, 3.8) is 0 Å². The molecule has 0 aliphatic rings. The summed E-state index contributed by atoms with van der Waals surface area (Å²) in [6, 6.07) is 45.4. The summed E-state index contributed by atoms with van der Waals surface area (Å²) in [5.74, 6) is 0.215. The Hall–Kier alpha value is -3.90. The zero-order valence-corrected chi connectivity index (χ0v) is 22.2. The molecule has 0 spiro atoms. The van der Waals surface area contributed by atoms with Crippen LogP contribution >= 0.6 is 0 Å². The van der Waals surface area contributed by atoms with Gasteiger partial charge in [0, 0.05) is 5.92 Å². The van der Waals surface area contributed by atoms with Crippen LogP contribution in [0.15, 0.2) is 121 Å². The van der Waals surface area contributed by atoms with Crippen LogP contribution in [0.25, 0.3) is 0 Å². The average molecular weight is 481 g/mol. The Morgan fingerprint density at radius 2 is 0.649 bits per heavy atom. The zero-order chi connectivity index (χ0) is 25.6. The molecule has 5 rings (SSSR count). The Balaban J connectivity index is 1.40. The van der Waals surface area contributed by atoms with Gasteiger partial charge in [-0.3, -0.25) is 0 Å². The van der Waals surface area contributed by atoms with Gasteiger partial charge >= 0.3 is 0 Å². The second-order valence-electron chi connectivity index (χ2n) is 10.3. The van der Waals surface area contributed by atoms with Crippen LogP contribution < -0.4 is 0 Å². The first-order valence-electron chi connectivity index (χ1n) is 13.4. The lowest BCUT2D eigenvalue weighted by atomic mass is 9.84. The van der Waals surface area contributed by atoms with Gasteiger partial charge < -0.3 is 0 Å². The third kappa shape index (κ3) is 6.27. The summed E-state index contributed by atoms with van der Waals surface area (Å²) in [7, 11) is 0. The van der Waals surface area contributed by atoms with Crippen LogP contribution in [0.1, 0.15) is 68.5 Å². The van der Waals surface area contributed by atoms with Gasteiger partial charge in [0.15, 0.2) is 0 Å². The highest BCUT2D eigenvalue weighted by Gasteiger charge is 2.17. The average Bonchev–Trinajstić information content (AvgIpc) is 2.93. The SMILES string of the molecule is CCc1ccc(Cc2ccc(C(c3ccc(C)cc3)c3ccc(Cc4ccc(C)cc4)cc3)cc2)cc1. The van der Waals surface area contributed by atoms with E-state index in [1.807, 2.05) is 0 Å². The molecular weight excluding hydrogens is 444 g/mol. The van der Waals surface area contributed by atoms with Crippen molar-refractivity contribution in [3.8, 4) is 0 Å². The molecule has 0 fully saturated rings. The fourth-order valence-corrected chi connectivity index (χ4v) is 5.06. The van der Waals surface area contributed by atoms with Crippen molar-refractivity contribution in [3.05, 3.63) is 177 Å². The third-order valence-electron chi connectivity index (χ3n) is 7.41. The molecule has 0 aliphatic heterocycles. The van der Waals surface area contributed by atoms with Crippen LogP contribution in [-0.4, -0.2) is 0 Å². The summed E-state index contributed by atoms with van der Waals surface area (Å²) in [4.78, 5) is 0. The van der Waals surface area contributed by atoms with Crippen LogP contribution in [0.5, 0.6) is 0 Å². The number of hydrogen-bond donors (Lipinski definition) is 0. The molecule has 0 amide bonds. The standard InChI is InChI=1S/C37H36/c1-4-29-11-13-31(14-12-29)26-33-17-23-36(24-18-33)37(34-19-7-28(3)8-20-34)35-21-15-32(16-22-35)25-30-9-5-27(2)6-10-30/h5-24,37H,4,25-26H2,1-3H3. The first kappa shape index (κ1) is 24.8. The van der Waals surface area contributed by atoms with Crippen molar-refractivity contribution in [1.29, 1.82) is 0 Å². The number of hydrogen-bond acceptors (Lipinski definition) is 0. The topological polar surface area (TPSA) is 0 Å². The van der Waals surface area contributed by atoms with Gasteiger partial charge in [-0.15, -0.1) is 0 Å². The lowest BCUT2D eigenvalue weighted by Gasteiger charge is -2.20. The van der Waals surface area contributed by atoms with Gasteiger partial charge in [0.1, 0.15) is 0 Å². The summed E-state index contributed by atoms with van der Waals surface area (Å²) in [6.45, 7) is 6.50. The Bertz CT molecular complexity index is 1400. The van der Waals surface area contributed by atoms with Gasteiger partial charge in [-0.05, 0) is 77.6 Å². The summed E-state index contributed by atoms with van der Waals surface area (Å²) < 4.78 is 0. The Kier molecular flexibility index (Phi) is 7.66. The number of benzene rings is 5. The predicted molar refractivity (Wildman–Crippen MR) is 158 cm³/mol. The van der Waals surface area contributed by atoms with E-state index in [1.165, 1.54) is 55.6 Å². The van der Waals surface area contributed by atoms with E-state index in [-0.39, 0.29) is 5.92 Å². The molecule has 0 aromatic heterocycles. The lowest BCUT2D eigenvalue weighted by molar-refractivity contribution is 0.969. The molecule has 1 unspecified atom stereocenters. The van der Waals surface area contributed by atoms with Crippen molar-refractivity contribution in [2.75, 3.05) is 0 Å². The minimum atomic E-state index is 0.215. The van der Waals surface area contributed by atoms with Crippen LogP contribution in [0.4, 0.5) is 0 Å². The molecular formula is C37H36. The maximum absolute atomic E-state index is 2.32. The fourth-order valence-electron chi connectivity index (χ4n) is 5.06. The highest BCUT2D eigenvalue weighted by atomic mass is 14.2. The van der Waals surface area contributed by atoms with E-state index in [0.29, 0.717) is 0 Å². The maximum Gasteiger partial charge on any atom is 0.0339 e. The molecule has 0 heteroatoms. The van der Waals surface area contributed by atoms with Gasteiger partial charge in [0.2, 0.25) is 0 Å². The number of rotatable bonds is 8. The molecule has 0 bridgehead atoms. The maximum atomic E-state index is 2.32. The molecule has 1 atom stereocenters. The largest absolute Gasteiger partial charge is 0.0613 e. The molecule has 5 aromatic rings. The second-order valence-corrected chi connectivity index (χ2v) is 10.3. The Morgan fingerprint density at radius 3 is 1.03 bits per heavy atom. The molecule has 0 nitrogen and oxygen atoms in total. The van der Waals surface area contributed by atoms with Crippen LogP contribution in [0, 0.1) is 13.8 Å². The van der Waals surface area contributed by atoms with Gasteiger partial charge in [0.25, 0.3) is 0 Å². The minimum absolute atomic E-state index is 0.215. The fraction of sp³-hybridized carbons (Fsp3) is 0.189. The van der Waals surface area contributed by atoms with Crippen molar-refractivity contribution >= 4 is 0 Å². The summed E-state index contributed by atoms with van der Waals surface area (Å²) in [5.41, 5.74) is 13.4. The summed E-state index contributed by atoms with van der Waals surface area (Å²) >= 11 is 0. The highest BCUT2D eigenvalue weighted by molar-refractivity contribution is 5.46. The van der Waals surface area contributed by atoms with Crippen molar-refractivity contribution in [2.45, 2.75) is 46.0 Å². The molecule has 184 valence electrons. The van der Waals surface area contributed by atoms with Crippen LogP contribution in [-0.2, 0) is 19.3 Å². The third-order valence-corrected chi connectivity index (χ3v) is 7.41. The summed E-state index contributed by atoms with van der Waals surface area (Å²) in [5, 5.41) is 0. The molecule has 0 radical (unpaired) electrons. The number of aryl methyl sites for hydroxylation is 3. The van der Waals surface area contributed by atoms with Crippen LogP contribution in [0.3, 0.4) is 0 Å². The van der Waals surface area contributed by atoms with Crippen LogP contribution in [0.2, 0.25) is 0 Å². The normalized spacial score (nSPS) is 11.9. The van der Waals surface area contributed by atoms with E-state index in [4.69, 9.17) is 0 Å². The molecule has 0 saturated heterocycles. The van der Waals surface area contributed by atoms with Crippen molar-refractivity contribution < 1.29 is 0 Å². The highest BCUT2D eigenvalue weighted by Crippen LogP contribution is 2.33.